The van der Waals surface area contributed by atoms with Crippen LogP contribution in [0.2, 0.25) is 0 Å². The van der Waals surface area contributed by atoms with E-state index in [1.807, 2.05) is 24.3 Å². The predicted octanol–water partition coefficient (Wildman–Crippen LogP) is 2.77. The highest BCUT2D eigenvalue weighted by molar-refractivity contribution is 5.93. The molecule has 18 heavy (non-hydrogen) atoms. The van der Waals surface area contributed by atoms with Gasteiger partial charge < -0.3 is 9.40 Å². The third-order valence-corrected chi connectivity index (χ3v) is 2.90. The Hall–Kier alpha value is -2.69. The molecule has 3 heterocycles. The number of aromatic amines is 1. The molecular formula is C13H8N4O. The Labute approximate surface area is 102 Å². The van der Waals surface area contributed by atoms with Crippen molar-refractivity contribution >= 4 is 22.1 Å². The van der Waals surface area contributed by atoms with Crippen LogP contribution in [0.3, 0.4) is 0 Å². The van der Waals surface area contributed by atoms with E-state index < -0.39 is 0 Å². The van der Waals surface area contributed by atoms with Gasteiger partial charge in [0.05, 0.1) is 11.8 Å². The molecule has 3 aromatic heterocycles. The predicted molar refractivity (Wildman–Crippen MR) is 66.9 cm³/mol. The number of imidazole rings is 1. The van der Waals surface area contributed by atoms with Crippen molar-refractivity contribution in [3.05, 3.63) is 43.1 Å². The van der Waals surface area contributed by atoms with E-state index >= 15 is 0 Å². The number of nitrogens with one attached hydrogen (secondary N) is 1. The fourth-order valence-corrected chi connectivity index (χ4v) is 2.05. The van der Waals surface area contributed by atoms with Crippen molar-refractivity contribution in [3.8, 4) is 11.4 Å². The van der Waals surface area contributed by atoms with Crippen molar-refractivity contribution < 1.29 is 4.42 Å². The molecule has 0 unspecified atom stereocenters. The van der Waals surface area contributed by atoms with E-state index in [1.165, 1.54) is 6.33 Å². The third kappa shape index (κ3) is 1.24. The van der Waals surface area contributed by atoms with Crippen molar-refractivity contribution in [1.29, 1.82) is 0 Å². The van der Waals surface area contributed by atoms with Gasteiger partial charge in [-0.2, -0.15) is 0 Å². The zero-order valence-corrected chi connectivity index (χ0v) is 9.29. The summed E-state index contributed by atoms with van der Waals surface area (Å²) in [4.78, 5) is 15.7. The zero-order valence-electron chi connectivity index (χ0n) is 9.29. The fourth-order valence-electron chi connectivity index (χ4n) is 2.05. The second kappa shape index (κ2) is 3.40. The molecule has 86 valence electrons. The number of aromatic nitrogens is 4. The minimum absolute atomic E-state index is 0.658. The monoisotopic (exact) mass is 236 g/mol. The molecule has 0 aliphatic carbocycles. The van der Waals surface area contributed by atoms with Crippen LogP contribution in [-0.2, 0) is 0 Å². The normalized spacial score (nSPS) is 11.3. The molecule has 0 aliphatic heterocycles. The van der Waals surface area contributed by atoms with Crippen LogP contribution in [0.5, 0.6) is 0 Å². The molecule has 0 amide bonds. The van der Waals surface area contributed by atoms with Crippen LogP contribution in [0.1, 0.15) is 0 Å². The van der Waals surface area contributed by atoms with Crippen molar-refractivity contribution in [2.45, 2.75) is 0 Å². The van der Waals surface area contributed by atoms with E-state index in [-0.39, 0.29) is 0 Å². The lowest BCUT2D eigenvalue weighted by Gasteiger charge is -1.91. The van der Waals surface area contributed by atoms with Gasteiger partial charge in [0.2, 0.25) is 0 Å². The summed E-state index contributed by atoms with van der Waals surface area (Å²) in [5, 5.41) is 1.03. The first-order chi connectivity index (χ1) is 8.92. The summed E-state index contributed by atoms with van der Waals surface area (Å²) >= 11 is 0. The van der Waals surface area contributed by atoms with E-state index in [2.05, 4.69) is 19.9 Å². The number of H-pyrrole nitrogens is 1. The number of hydrogen-bond acceptors (Lipinski definition) is 4. The molecule has 0 fully saturated rings. The Balaban J connectivity index is 2.01. The summed E-state index contributed by atoms with van der Waals surface area (Å²) < 4.78 is 5.50. The van der Waals surface area contributed by atoms with Crippen LogP contribution in [-0.4, -0.2) is 19.9 Å². The van der Waals surface area contributed by atoms with Crippen molar-refractivity contribution in [2.24, 2.45) is 0 Å². The molecule has 0 bridgehead atoms. The van der Waals surface area contributed by atoms with Crippen LogP contribution in [0.15, 0.2) is 47.5 Å². The SMILES string of the molecule is c1ccc2c(-c3nc4ncncc4[nH]3)coc2c1. The van der Waals surface area contributed by atoms with Gasteiger partial charge >= 0.3 is 0 Å². The van der Waals surface area contributed by atoms with E-state index in [0.29, 0.717) is 5.65 Å². The number of para-hydroxylation sites is 1. The van der Waals surface area contributed by atoms with E-state index in [0.717, 1.165) is 27.9 Å². The average molecular weight is 236 g/mol. The van der Waals surface area contributed by atoms with Crippen molar-refractivity contribution in [3.63, 3.8) is 0 Å². The average Bonchev–Trinajstić information content (AvgIpc) is 3.02. The van der Waals surface area contributed by atoms with Gasteiger partial charge in [-0.3, -0.25) is 0 Å². The second-order valence-corrected chi connectivity index (χ2v) is 3.99. The number of fused-ring (bicyclic) bond motifs is 2. The standard InChI is InChI=1S/C13H8N4O/c1-2-4-11-8(3-1)9(6-18-11)12-16-10-5-14-7-15-13(10)17-12/h1-7H,(H,14,15,16,17). The number of hydrogen-bond donors (Lipinski definition) is 1. The number of benzene rings is 1. The topological polar surface area (TPSA) is 67.6 Å². The number of furan rings is 1. The zero-order chi connectivity index (χ0) is 11.9. The molecule has 5 nitrogen and oxygen atoms in total. The quantitative estimate of drug-likeness (QED) is 0.551. The first kappa shape index (κ1) is 9.35. The lowest BCUT2D eigenvalue weighted by atomic mass is 10.2. The summed E-state index contributed by atoms with van der Waals surface area (Å²) in [6.07, 6.45) is 4.90. The Morgan fingerprint density at radius 2 is 2.11 bits per heavy atom. The van der Waals surface area contributed by atoms with Gasteiger partial charge in [0.25, 0.3) is 0 Å². The number of nitrogens with zero attached hydrogens (tertiary/aromatic N) is 3. The maximum Gasteiger partial charge on any atom is 0.181 e. The lowest BCUT2D eigenvalue weighted by molar-refractivity contribution is 0.616. The molecule has 0 aliphatic rings. The van der Waals surface area contributed by atoms with Gasteiger partial charge in [-0.25, -0.2) is 15.0 Å². The summed E-state index contributed by atoms with van der Waals surface area (Å²) in [6.45, 7) is 0. The molecule has 1 aromatic carbocycles. The first-order valence-corrected chi connectivity index (χ1v) is 5.54. The second-order valence-electron chi connectivity index (χ2n) is 3.99. The highest BCUT2D eigenvalue weighted by atomic mass is 16.3. The third-order valence-electron chi connectivity index (χ3n) is 2.90. The maximum atomic E-state index is 5.50. The van der Waals surface area contributed by atoms with Crippen LogP contribution < -0.4 is 0 Å². The van der Waals surface area contributed by atoms with Crippen molar-refractivity contribution in [2.75, 3.05) is 0 Å². The highest BCUT2D eigenvalue weighted by Gasteiger charge is 2.11. The van der Waals surface area contributed by atoms with Gasteiger partial charge in [0, 0.05) is 5.39 Å². The fraction of sp³-hybridized carbons (Fsp3) is 0. The summed E-state index contributed by atoms with van der Waals surface area (Å²) in [5.41, 5.74) is 3.26. The van der Waals surface area contributed by atoms with Gasteiger partial charge in [-0.1, -0.05) is 18.2 Å². The lowest BCUT2D eigenvalue weighted by Crippen LogP contribution is -1.77. The molecule has 0 saturated heterocycles. The van der Waals surface area contributed by atoms with Crippen LogP contribution in [0.4, 0.5) is 0 Å². The molecule has 4 rings (SSSR count). The molecule has 4 aromatic rings. The minimum atomic E-state index is 0.658. The first-order valence-electron chi connectivity index (χ1n) is 5.54. The van der Waals surface area contributed by atoms with Crippen LogP contribution in [0, 0.1) is 0 Å². The minimum Gasteiger partial charge on any atom is -0.464 e. The Bertz CT molecular complexity index is 813. The maximum absolute atomic E-state index is 5.50. The van der Waals surface area contributed by atoms with E-state index in [4.69, 9.17) is 4.42 Å². The molecule has 5 heteroatoms. The summed E-state index contributed by atoms with van der Waals surface area (Å²) in [7, 11) is 0. The van der Waals surface area contributed by atoms with E-state index in [9.17, 15) is 0 Å². The molecule has 0 radical (unpaired) electrons. The Morgan fingerprint density at radius 1 is 1.17 bits per heavy atom. The van der Waals surface area contributed by atoms with Gasteiger partial charge in [-0.05, 0) is 6.07 Å². The molecule has 0 saturated carbocycles. The summed E-state index contributed by atoms with van der Waals surface area (Å²) in [6, 6.07) is 7.86. The molecule has 0 spiro atoms. The molecule has 0 atom stereocenters. The van der Waals surface area contributed by atoms with Crippen LogP contribution in [0.25, 0.3) is 33.5 Å². The summed E-state index contributed by atoms with van der Waals surface area (Å²) in [5.74, 6) is 0.746. The molecular weight excluding hydrogens is 228 g/mol. The van der Waals surface area contributed by atoms with E-state index in [1.54, 1.807) is 12.5 Å². The largest absolute Gasteiger partial charge is 0.464 e. The van der Waals surface area contributed by atoms with Gasteiger partial charge in [-0.15, -0.1) is 0 Å². The molecule has 1 N–H and O–H groups in total. The van der Waals surface area contributed by atoms with Crippen LogP contribution >= 0.6 is 0 Å². The Morgan fingerprint density at radius 3 is 3.06 bits per heavy atom. The highest BCUT2D eigenvalue weighted by Crippen LogP contribution is 2.29. The Kier molecular flexibility index (Phi) is 1.77. The van der Waals surface area contributed by atoms with Crippen molar-refractivity contribution in [1.82, 2.24) is 19.9 Å². The van der Waals surface area contributed by atoms with Gasteiger partial charge in [0.1, 0.15) is 29.5 Å². The number of rotatable bonds is 1. The van der Waals surface area contributed by atoms with Gasteiger partial charge in [0.15, 0.2) is 5.65 Å². The smallest absolute Gasteiger partial charge is 0.181 e.